The molecule has 0 atom stereocenters. The van der Waals surface area contributed by atoms with E-state index < -0.39 is 20.9 Å². The standard InChI is InChI=1S/C19H14N4O5S/c1-28-19(25)17-21-23(15-4-2-3-5-16(15)29(17,26)27)14-8-6-13(7-9-14)18(24)22-11-10-20-12-22/h2-12H,1H3. The summed E-state index contributed by atoms with van der Waals surface area (Å²) in [4.78, 5) is 28.2. The zero-order valence-corrected chi connectivity index (χ0v) is 15.9. The summed E-state index contributed by atoms with van der Waals surface area (Å²) in [6.07, 6.45) is 4.43. The zero-order valence-electron chi connectivity index (χ0n) is 15.1. The van der Waals surface area contributed by atoms with E-state index in [2.05, 4.69) is 14.8 Å². The number of sulfone groups is 1. The lowest BCUT2D eigenvalue weighted by Gasteiger charge is -2.26. The molecule has 0 radical (unpaired) electrons. The third-order valence-corrected chi connectivity index (χ3v) is 5.97. The second-order valence-corrected chi connectivity index (χ2v) is 7.84. The molecule has 0 unspecified atom stereocenters. The monoisotopic (exact) mass is 410 g/mol. The van der Waals surface area contributed by atoms with Crippen LogP contribution >= 0.6 is 0 Å². The predicted molar refractivity (Wildman–Crippen MR) is 104 cm³/mol. The van der Waals surface area contributed by atoms with Gasteiger partial charge in [-0.2, -0.15) is 0 Å². The number of ether oxygens (including phenoxy) is 1. The second-order valence-electron chi connectivity index (χ2n) is 6.00. The molecule has 2 heterocycles. The summed E-state index contributed by atoms with van der Waals surface area (Å²) < 4.78 is 31.4. The minimum atomic E-state index is -4.12. The minimum absolute atomic E-state index is 0.0611. The van der Waals surface area contributed by atoms with Crippen molar-refractivity contribution in [1.82, 2.24) is 9.55 Å². The third kappa shape index (κ3) is 3.09. The molecule has 146 valence electrons. The Morgan fingerprint density at radius 1 is 1.03 bits per heavy atom. The number of hydrazone groups is 1. The third-order valence-electron chi connectivity index (χ3n) is 4.29. The van der Waals surface area contributed by atoms with Gasteiger partial charge in [0.15, 0.2) is 0 Å². The van der Waals surface area contributed by atoms with Gasteiger partial charge in [-0.25, -0.2) is 23.2 Å². The molecular formula is C19H14N4O5S. The maximum absolute atomic E-state index is 12.7. The number of carbonyl (C=O) groups excluding carboxylic acids is 2. The molecule has 0 N–H and O–H groups in total. The first-order valence-electron chi connectivity index (χ1n) is 8.37. The molecule has 4 rings (SSSR count). The predicted octanol–water partition coefficient (Wildman–Crippen LogP) is 1.98. The van der Waals surface area contributed by atoms with E-state index in [1.807, 2.05) is 0 Å². The van der Waals surface area contributed by atoms with Gasteiger partial charge in [-0.3, -0.25) is 9.36 Å². The summed E-state index contributed by atoms with van der Waals surface area (Å²) >= 11 is 0. The van der Waals surface area contributed by atoms with Crippen molar-refractivity contribution in [1.29, 1.82) is 0 Å². The van der Waals surface area contributed by atoms with Crippen molar-refractivity contribution in [2.75, 3.05) is 12.1 Å². The number of nitrogens with zero attached hydrogens (tertiary/aromatic N) is 4. The maximum atomic E-state index is 12.7. The van der Waals surface area contributed by atoms with E-state index in [0.29, 0.717) is 11.3 Å². The van der Waals surface area contributed by atoms with Crippen LogP contribution in [-0.2, 0) is 19.4 Å². The lowest BCUT2D eigenvalue weighted by molar-refractivity contribution is -0.132. The summed E-state index contributed by atoms with van der Waals surface area (Å²) in [7, 11) is -3.03. The molecule has 1 aliphatic rings. The van der Waals surface area contributed by atoms with Gasteiger partial charge in [0.2, 0.25) is 9.84 Å². The molecule has 3 aromatic rings. The molecule has 2 aromatic carbocycles. The fourth-order valence-corrected chi connectivity index (χ4v) is 4.26. The molecule has 0 spiro atoms. The number of esters is 1. The van der Waals surface area contributed by atoms with Crippen LogP contribution in [0.15, 0.2) is 77.2 Å². The topological polar surface area (TPSA) is 111 Å². The number of methoxy groups -OCH3 is 1. The Bertz CT molecular complexity index is 1230. The van der Waals surface area contributed by atoms with Gasteiger partial charge in [-0.15, -0.1) is 5.10 Å². The molecule has 0 bridgehead atoms. The van der Waals surface area contributed by atoms with E-state index in [1.54, 1.807) is 42.5 Å². The molecule has 0 amide bonds. The van der Waals surface area contributed by atoms with E-state index in [4.69, 9.17) is 0 Å². The Morgan fingerprint density at radius 3 is 2.41 bits per heavy atom. The first-order valence-corrected chi connectivity index (χ1v) is 9.85. The number of rotatable bonds is 3. The average Bonchev–Trinajstić information content (AvgIpc) is 3.28. The van der Waals surface area contributed by atoms with Crippen LogP contribution in [0.3, 0.4) is 0 Å². The summed E-state index contributed by atoms with van der Waals surface area (Å²) in [6, 6.07) is 12.6. The average molecular weight is 410 g/mol. The van der Waals surface area contributed by atoms with Crippen molar-refractivity contribution < 1.29 is 22.7 Å². The normalized spacial score (nSPS) is 14.7. The van der Waals surface area contributed by atoms with Crippen LogP contribution in [-0.4, -0.2) is 42.0 Å². The quantitative estimate of drug-likeness (QED) is 0.607. The molecule has 0 saturated carbocycles. The van der Waals surface area contributed by atoms with Crippen LogP contribution in [0.2, 0.25) is 0 Å². The zero-order chi connectivity index (χ0) is 20.6. The maximum Gasteiger partial charge on any atom is 0.370 e. The van der Waals surface area contributed by atoms with Crippen molar-refractivity contribution in [2.24, 2.45) is 5.10 Å². The number of hydrogen-bond donors (Lipinski definition) is 0. The summed E-state index contributed by atoms with van der Waals surface area (Å²) in [5, 5.41) is 4.65. The molecule has 9 nitrogen and oxygen atoms in total. The minimum Gasteiger partial charge on any atom is -0.464 e. The van der Waals surface area contributed by atoms with Gasteiger partial charge >= 0.3 is 5.97 Å². The molecule has 1 aromatic heterocycles. The second kappa shape index (κ2) is 6.99. The van der Waals surface area contributed by atoms with Crippen LogP contribution in [0.25, 0.3) is 0 Å². The molecule has 10 heteroatoms. The van der Waals surface area contributed by atoms with Gasteiger partial charge in [0.1, 0.15) is 6.33 Å². The van der Waals surface area contributed by atoms with Crippen molar-refractivity contribution in [3.63, 3.8) is 0 Å². The number of para-hydroxylation sites is 1. The number of carbonyl (C=O) groups is 2. The van der Waals surface area contributed by atoms with Crippen LogP contribution < -0.4 is 5.01 Å². The summed E-state index contributed by atoms with van der Waals surface area (Å²) in [5.74, 6) is -1.33. The van der Waals surface area contributed by atoms with E-state index in [1.165, 1.54) is 34.4 Å². The number of fused-ring (bicyclic) bond motifs is 1. The van der Waals surface area contributed by atoms with Crippen molar-refractivity contribution in [3.05, 3.63) is 72.8 Å². The van der Waals surface area contributed by atoms with Gasteiger partial charge in [0, 0.05) is 18.0 Å². The lowest BCUT2D eigenvalue weighted by atomic mass is 10.2. The van der Waals surface area contributed by atoms with Crippen LogP contribution in [0.1, 0.15) is 10.4 Å². The SMILES string of the molecule is COC(=O)C1=NN(c2ccc(C(=O)n3ccnc3)cc2)c2ccccc2S1(=O)=O. The molecule has 0 fully saturated rings. The van der Waals surface area contributed by atoms with Gasteiger partial charge in [-0.05, 0) is 36.4 Å². The Balaban J connectivity index is 1.79. The summed E-state index contributed by atoms with van der Waals surface area (Å²) in [6.45, 7) is 0. The largest absolute Gasteiger partial charge is 0.464 e. The first kappa shape index (κ1) is 18.6. The number of aromatic nitrogens is 2. The molecule has 0 saturated heterocycles. The van der Waals surface area contributed by atoms with Gasteiger partial charge < -0.3 is 4.74 Å². The smallest absolute Gasteiger partial charge is 0.370 e. The Kier molecular flexibility index (Phi) is 4.47. The number of hydrogen-bond acceptors (Lipinski definition) is 8. The lowest BCUT2D eigenvalue weighted by Crippen LogP contribution is -2.33. The van der Waals surface area contributed by atoms with Gasteiger partial charge in [-0.1, -0.05) is 12.1 Å². The highest BCUT2D eigenvalue weighted by molar-refractivity contribution is 8.08. The van der Waals surface area contributed by atoms with Gasteiger partial charge in [0.05, 0.1) is 23.4 Å². The van der Waals surface area contributed by atoms with Crippen LogP contribution in [0.5, 0.6) is 0 Å². The van der Waals surface area contributed by atoms with Gasteiger partial charge in [0.25, 0.3) is 11.0 Å². The number of anilines is 2. The van der Waals surface area contributed by atoms with E-state index in [-0.39, 0.29) is 16.5 Å². The molecule has 29 heavy (non-hydrogen) atoms. The number of imidazole rings is 1. The van der Waals surface area contributed by atoms with E-state index in [0.717, 1.165) is 7.11 Å². The van der Waals surface area contributed by atoms with Crippen LogP contribution in [0, 0.1) is 0 Å². The van der Waals surface area contributed by atoms with Crippen molar-refractivity contribution >= 4 is 38.1 Å². The number of benzene rings is 2. The highest BCUT2D eigenvalue weighted by Crippen LogP contribution is 2.36. The molecule has 0 aliphatic carbocycles. The van der Waals surface area contributed by atoms with Crippen molar-refractivity contribution in [3.8, 4) is 0 Å². The Hall–Kier alpha value is -3.79. The Labute approximate surface area is 165 Å². The fraction of sp³-hybridized carbons (Fsp3) is 0.0526. The summed E-state index contributed by atoms with van der Waals surface area (Å²) in [5.41, 5.74) is 1.16. The fourth-order valence-electron chi connectivity index (χ4n) is 2.87. The van der Waals surface area contributed by atoms with E-state index >= 15 is 0 Å². The van der Waals surface area contributed by atoms with Crippen molar-refractivity contribution in [2.45, 2.75) is 4.90 Å². The first-order chi connectivity index (χ1) is 13.9. The Morgan fingerprint density at radius 2 is 1.76 bits per heavy atom. The molecule has 1 aliphatic heterocycles. The van der Waals surface area contributed by atoms with Crippen LogP contribution in [0.4, 0.5) is 11.4 Å². The van der Waals surface area contributed by atoms with E-state index in [9.17, 15) is 18.0 Å². The molecular weight excluding hydrogens is 396 g/mol. The highest BCUT2D eigenvalue weighted by atomic mass is 32.2. The highest BCUT2D eigenvalue weighted by Gasteiger charge is 2.38.